The zero-order valence-electron chi connectivity index (χ0n) is 21.8. The number of primary amides is 1. The van der Waals surface area contributed by atoms with Crippen LogP contribution in [0.25, 0.3) is 10.8 Å². The third kappa shape index (κ3) is 5.35. The Kier molecular flexibility index (Phi) is 7.32. The molecule has 11 nitrogen and oxygen atoms in total. The molecule has 38 heavy (non-hydrogen) atoms. The molecule has 0 unspecified atom stereocenters. The molecule has 0 bridgehead atoms. The van der Waals surface area contributed by atoms with E-state index in [1.165, 1.54) is 11.2 Å². The Morgan fingerprint density at radius 1 is 0.947 bits per heavy atom. The molecule has 2 saturated heterocycles. The third-order valence-corrected chi connectivity index (χ3v) is 7.30. The lowest BCUT2D eigenvalue weighted by Crippen LogP contribution is -2.56. The van der Waals surface area contributed by atoms with Crippen LogP contribution in [0.2, 0.25) is 0 Å². The summed E-state index contributed by atoms with van der Waals surface area (Å²) in [5.74, 6) is -0.289. The van der Waals surface area contributed by atoms with Crippen molar-refractivity contribution < 1.29 is 9.90 Å². The van der Waals surface area contributed by atoms with Gasteiger partial charge in [-0.05, 0) is 56.6 Å². The number of anilines is 2. The Hall–Kier alpha value is -3.93. The predicted molar refractivity (Wildman–Crippen MR) is 151 cm³/mol. The average Bonchev–Trinajstić information content (AvgIpc) is 2.90. The number of aromatic nitrogens is 1. The molecule has 5 rings (SSSR count). The topological polar surface area (TPSA) is 125 Å². The van der Waals surface area contributed by atoms with Gasteiger partial charge >= 0.3 is 6.03 Å². The second-order valence-corrected chi connectivity index (χ2v) is 9.92. The second kappa shape index (κ2) is 10.8. The number of amides is 2. The molecule has 0 atom stereocenters. The van der Waals surface area contributed by atoms with Crippen LogP contribution in [-0.4, -0.2) is 104 Å². The maximum absolute atomic E-state index is 12.6. The molecule has 3 heterocycles. The van der Waals surface area contributed by atoms with Crippen molar-refractivity contribution in [2.75, 3.05) is 76.4 Å². The number of pyridine rings is 1. The van der Waals surface area contributed by atoms with Crippen molar-refractivity contribution in [2.24, 2.45) is 10.7 Å². The van der Waals surface area contributed by atoms with Gasteiger partial charge < -0.3 is 25.5 Å². The highest BCUT2D eigenvalue weighted by Gasteiger charge is 2.25. The minimum absolute atomic E-state index is 0.289. The number of fused-ring (bicyclic) bond motifs is 1. The Balaban J connectivity index is 1.45. The second-order valence-electron chi connectivity index (χ2n) is 9.92. The van der Waals surface area contributed by atoms with Crippen molar-refractivity contribution in [2.45, 2.75) is 0 Å². The van der Waals surface area contributed by atoms with E-state index in [9.17, 15) is 14.7 Å². The summed E-state index contributed by atoms with van der Waals surface area (Å²) in [6, 6.07) is 12.4. The minimum atomic E-state index is -0.612. The van der Waals surface area contributed by atoms with Gasteiger partial charge in [0.1, 0.15) is 0 Å². The van der Waals surface area contributed by atoms with Crippen LogP contribution in [0.15, 0.2) is 52.3 Å². The highest BCUT2D eigenvalue weighted by Crippen LogP contribution is 2.28. The number of aromatic hydroxyl groups is 1. The van der Waals surface area contributed by atoms with Crippen LogP contribution >= 0.6 is 0 Å². The highest BCUT2D eigenvalue weighted by atomic mass is 16.3. The molecule has 4 N–H and O–H groups in total. The number of nitrogens with two attached hydrogens (primary N) is 1. The standard InChI is InChI=1S/C27H34N8O3/c1-31-9-13-33(14-10-31)20-5-3-19(4-6-20)29-18-24-23-17-21(7-8-22(23)25(36)30-26(24)37)35(27(28)38)34-15-11-32(2)12-16-34/h3-8,17-18H,9-16H2,1-2H3,(H2,28,38)(H2,30,36,37). The first-order chi connectivity index (χ1) is 18.3. The van der Waals surface area contributed by atoms with Gasteiger partial charge in [-0.2, -0.15) is 0 Å². The largest absolute Gasteiger partial charge is 0.494 e. The fourth-order valence-electron chi connectivity index (χ4n) is 4.96. The molecular formula is C27H34N8O3. The number of hydrazine groups is 1. The lowest BCUT2D eigenvalue weighted by molar-refractivity contribution is 0.145. The monoisotopic (exact) mass is 518 g/mol. The van der Waals surface area contributed by atoms with E-state index in [0.29, 0.717) is 40.8 Å². The van der Waals surface area contributed by atoms with Crippen LogP contribution in [0.1, 0.15) is 5.56 Å². The van der Waals surface area contributed by atoms with E-state index in [0.717, 1.165) is 45.0 Å². The molecule has 200 valence electrons. The van der Waals surface area contributed by atoms with Gasteiger partial charge in [-0.25, -0.2) is 14.8 Å². The molecule has 2 aliphatic heterocycles. The van der Waals surface area contributed by atoms with Crippen molar-refractivity contribution in [3.8, 4) is 5.88 Å². The van der Waals surface area contributed by atoms with Gasteiger partial charge in [0.15, 0.2) is 0 Å². The number of carbonyl (C=O) groups is 1. The number of urea groups is 1. The first-order valence-corrected chi connectivity index (χ1v) is 12.8. The van der Waals surface area contributed by atoms with Crippen LogP contribution in [0.4, 0.5) is 21.9 Å². The van der Waals surface area contributed by atoms with Gasteiger partial charge in [0.05, 0.1) is 16.9 Å². The van der Waals surface area contributed by atoms with Gasteiger partial charge in [0.2, 0.25) is 5.88 Å². The van der Waals surface area contributed by atoms with Crippen LogP contribution in [-0.2, 0) is 0 Å². The van der Waals surface area contributed by atoms with Crippen molar-refractivity contribution in [3.63, 3.8) is 0 Å². The van der Waals surface area contributed by atoms with Crippen molar-refractivity contribution in [1.82, 2.24) is 19.8 Å². The average molecular weight is 519 g/mol. The van der Waals surface area contributed by atoms with Crippen LogP contribution in [0.3, 0.4) is 0 Å². The summed E-state index contributed by atoms with van der Waals surface area (Å²) < 4.78 is 0. The molecule has 0 radical (unpaired) electrons. The molecule has 11 heteroatoms. The molecular weight excluding hydrogens is 484 g/mol. The smallest absolute Gasteiger partial charge is 0.334 e. The van der Waals surface area contributed by atoms with E-state index < -0.39 is 11.6 Å². The van der Waals surface area contributed by atoms with Crippen molar-refractivity contribution in [1.29, 1.82) is 0 Å². The molecule has 2 amide bonds. The number of aromatic amines is 1. The van der Waals surface area contributed by atoms with E-state index in [1.807, 2.05) is 36.3 Å². The zero-order valence-corrected chi connectivity index (χ0v) is 21.8. The van der Waals surface area contributed by atoms with Crippen molar-refractivity contribution >= 4 is 40.1 Å². The fourth-order valence-corrected chi connectivity index (χ4v) is 4.96. The summed E-state index contributed by atoms with van der Waals surface area (Å²) in [6.07, 6.45) is 1.53. The van der Waals surface area contributed by atoms with E-state index in [4.69, 9.17) is 5.73 Å². The maximum Gasteiger partial charge on any atom is 0.334 e. The van der Waals surface area contributed by atoms with Gasteiger partial charge in [-0.1, -0.05) is 0 Å². The Morgan fingerprint density at radius 3 is 2.21 bits per heavy atom. The summed E-state index contributed by atoms with van der Waals surface area (Å²) in [5, 5.41) is 14.8. The SMILES string of the molecule is CN1CCN(c2ccc(N=Cc3c(O)[nH]c(=O)c4ccc(N(C(N)=O)N5CCN(C)CC5)cc34)cc2)CC1. The van der Waals surface area contributed by atoms with Gasteiger partial charge in [-0.3, -0.25) is 14.8 Å². The number of H-pyrrole nitrogens is 1. The molecule has 0 spiro atoms. The number of rotatable bonds is 5. The molecule has 3 aromatic rings. The summed E-state index contributed by atoms with van der Waals surface area (Å²) >= 11 is 0. The molecule has 0 aliphatic carbocycles. The Morgan fingerprint density at radius 2 is 1.58 bits per heavy atom. The zero-order chi connectivity index (χ0) is 26.8. The van der Waals surface area contributed by atoms with Gasteiger partial charge in [0.25, 0.3) is 5.56 Å². The molecule has 1 aromatic heterocycles. The molecule has 2 aliphatic rings. The van der Waals surface area contributed by atoms with E-state index in [2.05, 4.69) is 31.7 Å². The number of benzene rings is 2. The predicted octanol–water partition coefficient (Wildman–Crippen LogP) is 1.78. The highest BCUT2D eigenvalue weighted by molar-refractivity contribution is 6.04. The van der Waals surface area contributed by atoms with E-state index in [-0.39, 0.29) is 5.88 Å². The maximum atomic E-state index is 12.6. The number of aliphatic imine (C=N–C) groups is 1. The number of likely N-dealkylation sites (N-methyl/N-ethyl adjacent to an activating group) is 2. The van der Waals surface area contributed by atoms with Gasteiger partial charge in [0, 0.05) is 75.0 Å². The molecule has 2 aromatic carbocycles. The number of nitrogens with one attached hydrogen (secondary N) is 1. The summed E-state index contributed by atoms with van der Waals surface area (Å²) in [6.45, 7) is 6.88. The summed E-state index contributed by atoms with van der Waals surface area (Å²) in [4.78, 5) is 38.9. The normalized spacial score (nSPS) is 17.9. The first kappa shape index (κ1) is 25.7. The molecule has 0 saturated carbocycles. The Labute approximate surface area is 221 Å². The van der Waals surface area contributed by atoms with Crippen LogP contribution in [0.5, 0.6) is 5.88 Å². The lowest BCUT2D eigenvalue weighted by Gasteiger charge is -2.39. The summed E-state index contributed by atoms with van der Waals surface area (Å²) in [7, 11) is 4.16. The third-order valence-electron chi connectivity index (χ3n) is 7.30. The van der Waals surface area contributed by atoms with E-state index >= 15 is 0 Å². The van der Waals surface area contributed by atoms with E-state index in [1.54, 1.807) is 18.2 Å². The van der Waals surface area contributed by atoms with Crippen molar-refractivity contribution in [3.05, 3.63) is 58.4 Å². The number of hydrogen-bond donors (Lipinski definition) is 3. The summed E-state index contributed by atoms with van der Waals surface area (Å²) in [5.41, 5.74) is 8.08. The Bertz CT molecular complexity index is 1390. The lowest BCUT2D eigenvalue weighted by atomic mass is 10.1. The number of hydrogen-bond acceptors (Lipinski definition) is 8. The minimum Gasteiger partial charge on any atom is -0.494 e. The molecule has 2 fully saturated rings. The van der Waals surface area contributed by atoms with Crippen LogP contribution in [0, 0.1) is 0 Å². The number of nitrogens with zero attached hydrogens (tertiary/aromatic N) is 6. The number of carbonyl (C=O) groups excluding carboxylic acids is 1. The van der Waals surface area contributed by atoms with Crippen LogP contribution < -0.4 is 21.2 Å². The number of piperazine rings is 2. The fraction of sp³-hybridized carbons (Fsp3) is 0.370. The quantitative estimate of drug-likeness (QED) is 0.440. The van der Waals surface area contributed by atoms with Gasteiger partial charge in [-0.15, -0.1) is 0 Å². The first-order valence-electron chi connectivity index (χ1n) is 12.8.